The van der Waals surface area contributed by atoms with Crippen LogP contribution in [0.25, 0.3) is 10.9 Å². The monoisotopic (exact) mass is 382 g/mol. The first-order valence-corrected chi connectivity index (χ1v) is 7.93. The summed E-state index contributed by atoms with van der Waals surface area (Å²) in [6.45, 7) is 5.17. The molecule has 0 bridgehead atoms. The van der Waals surface area contributed by atoms with Crippen LogP contribution in [0.5, 0.6) is 0 Å². The lowest BCUT2D eigenvalue weighted by Gasteiger charge is -2.22. The predicted molar refractivity (Wildman–Crippen MR) is 90.5 cm³/mol. The first-order chi connectivity index (χ1) is 10.7. The molecule has 1 amide bonds. The maximum atomic E-state index is 11.8. The molecule has 23 heavy (non-hydrogen) atoms. The quantitative estimate of drug-likeness (QED) is 0.754. The molecule has 3 N–H and O–H groups in total. The number of alkyl carbamates (subject to hydrolysis) is 1. The van der Waals surface area contributed by atoms with Gasteiger partial charge in [0.25, 0.3) is 0 Å². The van der Waals surface area contributed by atoms with Crippen molar-refractivity contribution < 1.29 is 19.4 Å². The number of carbonyl (C=O) groups is 2. The molecular formula is C16H19BrN2O4. The van der Waals surface area contributed by atoms with Crippen LogP contribution in [0, 0.1) is 0 Å². The summed E-state index contributed by atoms with van der Waals surface area (Å²) < 4.78 is 6.01. The summed E-state index contributed by atoms with van der Waals surface area (Å²) in [6.07, 6.45) is 1.17. The molecule has 7 heteroatoms. The first-order valence-electron chi connectivity index (χ1n) is 7.14. The highest BCUT2D eigenvalue weighted by molar-refractivity contribution is 9.10. The van der Waals surface area contributed by atoms with Crippen molar-refractivity contribution in [3.8, 4) is 0 Å². The molecule has 6 nitrogen and oxygen atoms in total. The average Bonchev–Trinajstić information content (AvgIpc) is 2.80. The molecule has 0 saturated carbocycles. The number of aliphatic carboxylic acids is 1. The molecule has 2 aromatic rings. The van der Waals surface area contributed by atoms with Crippen molar-refractivity contribution in [2.45, 2.75) is 38.8 Å². The van der Waals surface area contributed by atoms with E-state index in [4.69, 9.17) is 4.74 Å². The van der Waals surface area contributed by atoms with Crippen LogP contribution in [-0.4, -0.2) is 33.8 Å². The van der Waals surface area contributed by atoms with E-state index in [0.717, 1.165) is 20.9 Å². The minimum absolute atomic E-state index is 0.158. The van der Waals surface area contributed by atoms with Gasteiger partial charge in [0, 0.05) is 22.5 Å². The molecule has 0 aliphatic rings. The van der Waals surface area contributed by atoms with Crippen LogP contribution in [0.1, 0.15) is 26.3 Å². The average molecular weight is 383 g/mol. The Morgan fingerprint density at radius 3 is 2.70 bits per heavy atom. The van der Waals surface area contributed by atoms with Crippen LogP contribution < -0.4 is 5.32 Å². The number of rotatable bonds is 4. The number of aromatic amines is 1. The summed E-state index contributed by atoms with van der Waals surface area (Å²) in [5.74, 6) is -1.11. The minimum Gasteiger partial charge on any atom is -0.480 e. The summed E-state index contributed by atoms with van der Waals surface area (Å²) in [5, 5.41) is 12.7. The molecule has 124 valence electrons. The maximum absolute atomic E-state index is 11.8. The van der Waals surface area contributed by atoms with Crippen molar-refractivity contribution in [3.05, 3.63) is 34.4 Å². The lowest BCUT2D eigenvalue weighted by Crippen LogP contribution is -2.44. The van der Waals surface area contributed by atoms with Crippen LogP contribution in [-0.2, 0) is 16.0 Å². The summed E-state index contributed by atoms with van der Waals surface area (Å²) in [6, 6.07) is 4.61. The Kier molecular flexibility index (Phi) is 4.99. The minimum atomic E-state index is -1.11. The standard InChI is InChI=1S/C16H19BrN2O4/c1-16(2,3)23-15(22)19-12(14(20)21)7-9-8-18-13-10(9)5-4-6-11(13)17/h4-6,8,12,18H,7H2,1-3H3,(H,19,22)(H,20,21)/t12-/m1/s1. The van der Waals surface area contributed by atoms with Gasteiger partial charge in [0.15, 0.2) is 0 Å². The van der Waals surface area contributed by atoms with Gasteiger partial charge in [-0.3, -0.25) is 0 Å². The molecule has 1 aromatic heterocycles. The Morgan fingerprint density at radius 2 is 2.09 bits per heavy atom. The van der Waals surface area contributed by atoms with Gasteiger partial charge in [-0.15, -0.1) is 0 Å². The lowest BCUT2D eigenvalue weighted by atomic mass is 10.1. The third-order valence-corrected chi connectivity index (χ3v) is 3.82. The molecule has 0 aliphatic heterocycles. The van der Waals surface area contributed by atoms with E-state index in [1.54, 1.807) is 27.0 Å². The number of amides is 1. The van der Waals surface area contributed by atoms with Crippen LogP contribution in [0.15, 0.2) is 28.9 Å². The molecule has 0 unspecified atom stereocenters. The smallest absolute Gasteiger partial charge is 0.408 e. The van der Waals surface area contributed by atoms with Gasteiger partial charge in [-0.05, 0) is 48.3 Å². The Labute approximate surface area is 142 Å². The van der Waals surface area contributed by atoms with E-state index in [9.17, 15) is 14.7 Å². The highest BCUT2D eigenvalue weighted by Gasteiger charge is 2.25. The third kappa shape index (κ3) is 4.48. The lowest BCUT2D eigenvalue weighted by molar-refractivity contribution is -0.139. The Bertz CT molecular complexity index is 733. The maximum Gasteiger partial charge on any atom is 0.408 e. The predicted octanol–water partition coefficient (Wildman–Crippen LogP) is 3.45. The summed E-state index contributed by atoms with van der Waals surface area (Å²) in [5.41, 5.74) is 1.02. The number of carbonyl (C=O) groups excluding carboxylic acids is 1. The number of hydrogen-bond acceptors (Lipinski definition) is 3. The van der Waals surface area contributed by atoms with Crippen molar-refractivity contribution in [3.63, 3.8) is 0 Å². The second-order valence-electron chi connectivity index (χ2n) is 6.22. The van der Waals surface area contributed by atoms with Crippen molar-refractivity contribution in [1.82, 2.24) is 10.3 Å². The number of nitrogens with one attached hydrogen (secondary N) is 2. The van der Waals surface area contributed by atoms with Gasteiger partial charge < -0.3 is 20.1 Å². The number of halogens is 1. The highest BCUT2D eigenvalue weighted by atomic mass is 79.9. The normalized spacial score (nSPS) is 12.9. The number of ether oxygens (including phenoxy) is 1. The van der Waals surface area contributed by atoms with E-state index < -0.39 is 23.7 Å². The molecule has 1 atom stereocenters. The SMILES string of the molecule is CC(C)(C)OC(=O)N[C@H](Cc1c[nH]c2c(Br)cccc12)C(=O)O. The number of para-hydroxylation sites is 1. The van der Waals surface area contributed by atoms with Crippen molar-refractivity contribution in [2.75, 3.05) is 0 Å². The number of aromatic nitrogens is 1. The largest absolute Gasteiger partial charge is 0.480 e. The van der Waals surface area contributed by atoms with Crippen molar-refractivity contribution in [1.29, 1.82) is 0 Å². The number of H-pyrrole nitrogens is 1. The molecule has 0 aliphatic carbocycles. The Hall–Kier alpha value is -2.02. The van der Waals surface area contributed by atoms with Gasteiger partial charge in [0.1, 0.15) is 11.6 Å². The zero-order valence-electron chi connectivity index (χ0n) is 13.1. The topological polar surface area (TPSA) is 91.4 Å². The van der Waals surface area contributed by atoms with Crippen LogP contribution in [0.4, 0.5) is 4.79 Å². The summed E-state index contributed by atoms with van der Waals surface area (Å²) in [7, 11) is 0. The van der Waals surface area contributed by atoms with Gasteiger partial charge in [0.05, 0.1) is 5.52 Å². The van der Waals surface area contributed by atoms with E-state index >= 15 is 0 Å². The van der Waals surface area contributed by atoms with Crippen LogP contribution in [0.2, 0.25) is 0 Å². The van der Waals surface area contributed by atoms with Gasteiger partial charge in [0.2, 0.25) is 0 Å². The summed E-state index contributed by atoms with van der Waals surface area (Å²) in [4.78, 5) is 26.4. The molecule has 0 saturated heterocycles. The van der Waals surface area contributed by atoms with Crippen molar-refractivity contribution >= 4 is 38.9 Å². The van der Waals surface area contributed by atoms with E-state index in [1.807, 2.05) is 18.2 Å². The fourth-order valence-corrected chi connectivity index (χ4v) is 2.69. The van der Waals surface area contributed by atoms with Gasteiger partial charge in [-0.2, -0.15) is 0 Å². The molecule has 0 spiro atoms. The number of hydrogen-bond donors (Lipinski definition) is 3. The number of carboxylic acid groups (broad SMARTS) is 1. The Morgan fingerprint density at radius 1 is 1.39 bits per heavy atom. The molecule has 1 aromatic carbocycles. The Balaban J connectivity index is 2.17. The van der Waals surface area contributed by atoms with Crippen LogP contribution in [0.3, 0.4) is 0 Å². The van der Waals surface area contributed by atoms with Gasteiger partial charge >= 0.3 is 12.1 Å². The van der Waals surface area contributed by atoms with Gasteiger partial charge in [-0.1, -0.05) is 12.1 Å². The number of benzene rings is 1. The van der Waals surface area contributed by atoms with E-state index in [0.29, 0.717) is 0 Å². The van der Waals surface area contributed by atoms with E-state index in [-0.39, 0.29) is 6.42 Å². The highest BCUT2D eigenvalue weighted by Crippen LogP contribution is 2.26. The second kappa shape index (κ2) is 6.62. The fourth-order valence-electron chi connectivity index (χ4n) is 2.21. The third-order valence-electron chi connectivity index (χ3n) is 3.16. The van der Waals surface area contributed by atoms with Crippen molar-refractivity contribution in [2.24, 2.45) is 0 Å². The van der Waals surface area contributed by atoms with Gasteiger partial charge in [-0.25, -0.2) is 9.59 Å². The number of fused-ring (bicyclic) bond motifs is 1. The number of carboxylic acids is 1. The molecule has 0 radical (unpaired) electrons. The summed E-state index contributed by atoms with van der Waals surface area (Å²) >= 11 is 3.44. The molecule has 0 fully saturated rings. The van der Waals surface area contributed by atoms with Crippen LogP contribution >= 0.6 is 15.9 Å². The van der Waals surface area contributed by atoms with E-state index in [2.05, 4.69) is 26.2 Å². The second-order valence-corrected chi connectivity index (χ2v) is 7.07. The zero-order chi connectivity index (χ0) is 17.2. The first kappa shape index (κ1) is 17.3. The van der Waals surface area contributed by atoms with E-state index in [1.165, 1.54) is 0 Å². The molecule has 1 heterocycles. The molecular weight excluding hydrogens is 364 g/mol. The molecule has 2 rings (SSSR count). The fraction of sp³-hybridized carbons (Fsp3) is 0.375. The zero-order valence-corrected chi connectivity index (χ0v) is 14.7.